The lowest BCUT2D eigenvalue weighted by molar-refractivity contribution is -0.137. The number of hydrogen-bond acceptors (Lipinski definition) is 3. The normalized spacial score (nSPS) is 11.2. The number of carbonyl (C=O) groups is 1. The van der Waals surface area contributed by atoms with E-state index < -0.39 is 17.6 Å². The van der Waals surface area contributed by atoms with Crippen LogP contribution in [-0.2, 0) is 6.18 Å². The number of benzene rings is 2. The van der Waals surface area contributed by atoms with E-state index in [0.29, 0.717) is 11.4 Å². The highest BCUT2D eigenvalue weighted by Crippen LogP contribution is 2.37. The summed E-state index contributed by atoms with van der Waals surface area (Å²) >= 11 is 0. The van der Waals surface area contributed by atoms with Crippen molar-refractivity contribution in [2.75, 3.05) is 12.4 Å². The van der Waals surface area contributed by atoms with Crippen LogP contribution in [0.4, 0.5) is 18.9 Å². The number of rotatable bonds is 4. The first-order chi connectivity index (χ1) is 12.4. The summed E-state index contributed by atoms with van der Waals surface area (Å²) in [5.74, 6) is -0.286. The lowest BCUT2D eigenvalue weighted by Crippen LogP contribution is -2.11. The fraction of sp³-hybridized carbons (Fsp3) is 0.105. The van der Waals surface area contributed by atoms with Crippen molar-refractivity contribution in [3.05, 3.63) is 72.0 Å². The molecule has 0 radical (unpaired) electrons. The molecule has 0 saturated carbocycles. The average molecular weight is 361 g/mol. The minimum atomic E-state index is -4.52. The van der Waals surface area contributed by atoms with Crippen molar-refractivity contribution < 1.29 is 27.1 Å². The predicted molar refractivity (Wildman–Crippen MR) is 90.1 cm³/mol. The van der Waals surface area contributed by atoms with Crippen molar-refractivity contribution in [3.63, 3.8) is 0 Å². The number of anilines is 1. The molecular weight excluding hydrogens is 347 g/mol. The van der Waals surface area contributed by atoms with Crippen LogP contribution in [0.5, 0.6) is 5.75 Å². The largest absolute Gasteiger partial charge is 0.495 e. The highest BCUT2D eigenvalue weighted by Gasteiger charge is 2.34. The lowest BCUT2D eigenvalue weighted by atomic mass is 10.1. The fourth-order valence-corrected chi connectivity index (χ4v) is 2.48. The smallest absolute Gasteiger partial charge is 0.417 e. The number of halogens is 3. The number of alkyl halides is 3. The summed E-state index contributed by atoms with van der Waals surface area (Å²) in [5, 5.41) is 2.61. The van der Waals surface area contributed by atoms with Gasteiger partial charge in [0.05, 0.1) is 18.4 Å². The SMILES string of the molecule is COc1ccccc1NC(=O)c1ccc(-c2ccccc2C(F)(F)F)o1. The number of ether oxygens (including phenoxy) is 1. The number of carbonyl (C=O) groups excluding carboxylic acids is 1. The van der Waals surface area contributed by atoms with Crippen molar-refractivity contribution in [3.8, 4) is 17.1 Å². The Balaban J connectivity index is 1.88. The van der Waals surface area contributed by atoms with Gasteiger partial charge in [-0.15, -0.1) is 0 Å². The Bertz CT molecular complexity index is 932. The standard InChI is InChI=1S/C19H14F3NO3/c1-25-16-9-5-4-8-14(16)23-18(24)17-11-10-15(26-17)12-6-2-3-7-13(12)19(20,21)22/h2-11H,1H3,(H,23,24). The monoisotopic (exact) mass is 361 g/mol. The molecule has 26 heavy (non-hydrogen) atoms. The zero-order valence-corrected chi connectivity index (χ0v) is 13.6. The summed E-state index contributed by atoms with van der Waals surface area (Å²) in [6.45, 7) is 0. The van der Waals surface area contributed by atoms with Gasteiger partial charge in [-0.1, -0.05) is 30.3 Å². The first kappa shape index (κ1) is 17.6. The number of amides is 1. The number of furan rings is 1. The minimum absolute atomic E-state index is 0.0388. The molecule has 0 aliphatic carbocycles. The molecule has 1 heterocycles. The van der Waals surface area contributed by atoms with Crippen LogP contribution in [0.3, 0.4) is 0 Å². The summed E-state index contributed by atoms with van der Waals surface area (Å²) in [4.78, 5) is 12.3. The van der Waals surface area contributed by atoms with Gasteiger partial charge in [0.2, 0.25) is 0 Å². The molecule has 0 spiro atoms. The molecule has 2 aromatic carbocycles. The number of methoxy groups -OCH3 is 1. The van der Waals surface area contributed by atoms with E-state index in [4.69, 9.17) is 9.15 Å². The molecule has 1 amide bonds. The third-order valence-electron chi connectivity index (χ3n) is 3.68. The van der Waals surface area contributed by atoms with Crippen LogP contribution in [-0.4, -0.2) is 13.0 Å². The van der Waals surface area contributed by atoms with Gasteiger partial charge in [0.25, 0.3) is 5.91 Å². The van der Waals surface area contributed by atoms with Gasteiger partial charge < -0.3 is 14.5 Å². The van der Waals surface area contributed by atoms with Crippen LogP contribution in [0.2, 0.25) is 0 Å². The van der Waals surface area contributed by atoms with E-state index in [-0.39, 0.29) is 17.1 Å². The molecule has 3 rings (SSSR count). The number of hydrogen-bond donors (Lipinski definition) is 1. The Morgan fingerprint density at radius 2 is 1.69 bits per heavy atom. The summed E-state index contributed by atoms with van der Waals surface area (Å²) in [6.07, 6.45) is -4.52. The van der Waals surface area contributed by atoms with E-state index >= 15 is 0 Å². The summed E-state index contributed by atoms with van der Waals surface area (Å²) in [7, 11) is 1.46. The minimum Gasteiger partial charge on any atom is -0.495 e. The van der Waals surface area contributed by atoms with Crippen molar-refractivity contribution in [2.45, 2.75) is 6.18 Å². The van der Waals surface area contributed by atoms with Gasteiger partial charge in [0.15, 0.2) is 5.76 Å². The zero-order valence-electron chi connectivity index (χ0n) is 13.6. The van der Waals surface area contributed by atoms with Crippen LogP contribution < -0.4 is 10.1 Å². The molecule has 0 saturated heterocycles. The molecule has 3 aromatic rings. The maximum Gasteiger partial charge on any atom is 0.417 e. The molecule has 4 nitrogen and oxygen atoms in total. The number of nitrogens with one attached hydrogen (secondary N) is 1. The van der Waals surface area contributed by atoms with Gasteiger partial charge >= 0.3 is 6.18 Å². The van der Waals surface area contributed by atoms with Crippen molar-refractivity contribution in [2.24, 2.45) is 0 Å². The van der Waals surface area contributed by atoms with Gasteiger partial charge in [0, 0.05) is 5.56 Å². The van der Waals surface area contributed by atoms with E-state index in [1.807, 2.05) is 0 Å². The van der Waals surface area contributed by atoms with Crippen LogP contribution in [0.1, 0.15) is 16.1 Å². The summed E-state index contributed by atoms with van der Waals surface area (Å²) < 4.78 is 49.9. The zero-order chi connectivity index (χ0) is 18.7. The van der Waals surface area contributed by atoms with Crippen molar-refractivity contribution in [1.29, 1.82) is 0 Å². The van der Waals surface area contributed by atoms with Gasteiger partial charge in [-0.2, -0.15) is 13.2 Å². The second-order valence-corrected chi connectivity index (χ2v) is 5.36. The van der Waals surface area contributed by atoms with E-state index in [1.165, 1.54) is 37.4 Å². The highest BCUT2D eigenvalue weighted by atomic mass is 19.4. The molecule has 0 aliphatic heterocycles. The Hall–Kier alpha value is -3.22. The van der Waals surface area contributed by atoms with Gasteiger partial charge in [0.1, 0.15) is 11.5 Å². The molecular formula is C19H14F3NO3. The maximum absolute atomic E-state index is 13.1. The average Bonchev–Trinajstić information content (AvgIpc) is 3.11. The van der Waals surface area contributed by atoms with Gasteiger partial charge in [-0.05, 0) is 30.3 Å². The molecule has 7 heteroatoms. The fourth-order valence-electron chi connectivity index (χ4n) is 2.48. The summed E-state index contributed by atoms with van der Waals surface area (Å²) in [5.41, 5.74) is -0.531. The topological polar surface area (TPSA) is 51.5 Å². The molecule has 0 unspecified atom stereocenters. The number of para-hydroxylation sites is 2. The van der Waals surface area contributed by atoms with E-state index in [0.717, 1.165) is 6.07 Å². The second-order valence-electron chi connectivity index (χ2n) is 5.36. The Labute approximate surface area is 147 Å². The van der Waals surface area contributed by atoms with E-state index in [9.17, 15) is 18.0 Å². The predicted octanol–water partition coefficient (Wildman–Crippen LogP) is 5.23. The quantitative estimate of drug-likeness (QED) is 0.693. The van der Waals surface area contributed by atoms with Crippen LogP contribution in [0.15, 0.2) is 65.1 Å². The first-order valence-corrected chi connectivity index (χ1v) is 7.61. The Kier molecular flexibility index (Phi) is 4.71. The van der Waals surface area contributed by atoms with Crippen molar-refractivity contribution >= 4 is 11.6 Å². The third-order valence-corrected chi connectivity index (χ3v) is 3.68. The second kappa shape index (κ2) is 6.95. The van der Waals surface area contributed by atoms with Crippen LogP contribution >= 0.6 is 0 Å². The van der Waals surface area contributed by atoms with Crippen LogP contribution in [0.25, 0.3) is 11.3 Å². The first-order valence-electron chi connectivity index (χ1n) is 7.61. The molecule has 0 atom stereocenters. The highest BCUT2D eigenvalue weighted by molar-refractivity contribution is 6.03. The molecule has 0 bridgehead atoms. The lowest BCUT2D eigenvalue weighted by Gasteiger charge is -2.11. The molecule has 134 valence electrons. The van der Waals surface area contributed by atoms with Crippen LogP contribution in [0, 0.1) is 0 Å². The molecule has 0 fully saturated rings. The Morgan fingerprint density at radius 3 is 2.42 bits per heavy atom. The van der Waals surface area contributed by atoms with Gasteiger partial charge in [-0.3, -0.25) is 4.79 Å². The van der Waals surface area contributed by atoms with E-state index in [1.54, 1.807) is 24.3 Å². The summed E-state index contributed by atoms with van der Waals surface area (Å²) in [6, 6.07) is 14.5. The van der Waals surface area contributed by atoms with E-state index in [2.05, 4.69) is 5.32 Å². The molecule has 1 N–H and O–H groups in total. The van der Waals surface area contributed by atoms with Gasteiger partial charge in [-0.25, -0.2) is 0 Å². The van der Waals surface area contributed by atoms with Crippen molar-refractivity contribution in [1.82, 2.24) is 0 Å². The third kappa shape index (κ3) is 3.56. The Morgan fingerprint density at radius 1 is 1.00 bits per heavy atom. The maximum atomic E-state index is 13.1. The molecule has 1 aromatic heterocycles. The molecule has 0 aliphatic rings.